The smallest absolute Gasteiger partial charge is 0.207 e. The third-order valence-corrected chi connectivity index (χ3v) is 2.72. The van der Waals surface area contributed by atoms with Gasteiger partial charge in [0.2, 0.25) is 5.78 Å². The van der Waals surface area contributed by atoms with Crippen molar-refractivity contribution in [2.75, 3.05) is 12.8 Å². The number of methoxy groups -OCH3 is 1. The number of carbonyl (C=O) groups excluding carboxylic acids is 1. The Morgan fingerprint density at radius 2 is 2.05 bits per heavy atom. The number of ketones is 1. The summed E-state index contributed by atoms with van der Waals surface area (Å²) in [6.07, 6.45) is 4.74. The van der Waals surface area contributed by atoms with Crippen LogP contribution in [0.25, 0.3) is 6.08 Å². The number of benzene rings is 1. The van der Waals surface area contributed by atoms with Gasteiger partial charge in [-0.15, -0.1) is 0 Å². The minimum Gasteiger partial charge on any atom is -0.493 e. The Hall–Kier alpha value is -2.56. The highest BCUT2D eigenvalue weighted by Gasteiger charge is 2.14. The summed E-state index contributed by atoms with van der Waals surface area (Å²) in [6.45, 7) is 0. The summed E-state index contributed by atoms with van der Waals surface area (Å²) in [4.78, 5) is 12.1. The lowest BCUT2D eigenvalue weighted by molar-refractivity contribution is 0.103. The summed E-state index contributed by atoms with van der Waals surface area (Å²) in [6, 6.07) is 7.27. The molecule has 2 rings (SSSR count). The number of hydrogen-bond donors (Lipinski definition) is 1. The van der Waals surface area contributed by atoms with Crippen LogP contribution in [0, 0.1) is 0 Å². The highest BCUT2D eigenvalue weighted by molar-refractivity contribution is 6.07. The zero-order valence-electron chi connectivity index (χ0n) is 10.8. The summed E-state index contributed by atoms with van der Waals surface area (Å²) >= 11 is 0. The van der Waals surface area contributed by atoms with Crippen LogP contribution < -0.4 is 10.5 Å². The van der Waals surface area contributed by atoms with Crippen molar-refractivity contribution in [1.82, 2.24) is 9.78 Å². The molecular formula is C14H15N3O2. The Balaban J connectivity index is 2.21. The zero-order chi connectivity index (χ0) is 13.8. The molecule has 1 heterocycles. The second kappa shape index (κ2) is 5.39. The lowest BCUT2D eigenvalue weighted by atomic mass is 10.1. The van der Waals surface area contributed by atoms with Crippen molar-refractivity contribution in [3.05, 3.63) is 47.8 Å². The third kappa shape index (κ3) is 2.82. The Labute approximate surface area is 111 Å². The highest BCUT2D eigenvalue weighted by atomic mass is 16.5. The van der Waals surface area contributed by atoms with E-state index in [0.29, 0.717) is 17.1 Å². The summed E-state index contributed by atoms with van der Waals surface area (Å²) in [5, 5.41) is 4.00. The van der Waals surface area contributed by atoms with Crippen LogP contribution in [0.1, 0.15) is 16.1 Å². The molecule has 2 N–H and O–H groups in total. The first-order valence-electron chi connectivity index (χ1n) is 5.75. The number of nitrogen functional groups attached to an aromatic ring is 1. The lowest BCUT2D eigenvalue weighted by Crippen LogP contribution is -2.05. The first-order valence-corrected chi connectivity index (χ1v) is 5.75. The van der Waals surface area contributed by atoms with E-state index in [1.165, 1.54) is 24.1 Å². The standard InChI is InChI=1S/C14H15N3O2/c1-17-14(13(19-2)9-16-17)12(18)8-5-10-3-6-11(15)7-4-10/h3-9H,15H2,1-2H3/b8-5+. The zero-order valence-corrected chi connectivity index (χ0v) is 10.8. The van der Waals surface area contributed by atoms with Gasteiger partial charge >= 0.3 is 0 Å². The van der Waals surface area contributed by atoms with Gasteiger partial charge in [-0.1, -0.05) is 18.2 Å². The van der Waals surface area contributed by atoms with Crippen molar-refractivity contribution in [3.8, 4) is 5.75 Å². The first kappa shape index (κ1) is 12.9. The molecular weight excluding hydrogens is 242 g/mol. The van der Waals surface area contributed by atoms with Crippen molar-refractivity contribution >= 4 is 17.5 Å². The first-order chi connectivity index (χ1) is 9.11. The molecule has 0 amide bonds. The molecule has 1 aromatic carbocycles. The van der Waals surface area contributed by atoms with Gasteiger partial charge in [-0.2, -0.15) is 5.10 Å². The fourth-order valence-electron chi connectivity index (χ4n) is 1.71. The average Bonchev–Trinajstić information content (AvgIpc) is 2.79. The Bertz CT molecular complexity index is 612. The molecule has 0 aliphatic heterocycles. The number of ether oxygens (including phenoxy) is 1. The average molecular weight is 257 g/mol. The fraction of sp³-hybridized carbons (Fsp3) is 0.143. The largest absolute Gasteiger partial charge is 0.493 e. The lowest BCUT2D eigenvalue weighted by Gasteiger charge is -2.01. The fourth-order valence-corrected chi connectivity index (χ4v) is 1.71. The van der Waals surface area contributed by atoms with E-state index in [4.69, 9.17) is 10.5 Å². The predicted molar refractivity (Wildman–Crippen MR) is 74.0 cm³/mol. The number of rotatable bonds is 4. The maximum atomic E-state index is 12.1. The van der Waals surface area contributed by atoms with E-state index in [9.17, 15) is 4.79 Å². The van der Waals surface area contributed by atoms with Gasteiger partial charge in [-0.3, -0.25) is 9.48 Å². The molecule has 2 aromatic rings. The second-order valence-corrected chi connectivity index (χ2v) is 4.05. The van der Waals surface area contributed by atoms with Crippen LogP contribution in [0.4, 0.5) is 5.69 Å². The minimum absolute atomic E-state index is 0.159. The maximum absolute atomic E-state index is 12.1. The van der Waals surface area contributed by atoms with E-state index in [0.717, 1.165) is 5.56 Å². The molecule has 0 aliphatic rings. The van der Waals surface area contributed by atoms with E-state index < -0.39 is 0 Å². The Morgan fingerprint density at radius 1 is 1.37 bits per heavy atom. The van der Waals surface area contributed by atoms with Crippen molar-refractivity contribution in [2.45, 2.75) is 0 Å². The summed E-state index contributed by atoms with van der Waals surface area (Å²) in [5.74, 6) is 0.308. The van der Waals surface area contributed by atoms with Crippen molar-refractivity contribution in [2.24, 2.45) is 7.05 Å². The molecule has 0 atom stereocenters. The summed E-state index contributed by atoms with van der Waals surface area (Å²) in [5.41, 5.74) is 7.62. The number of carbonyl (C=O) groups is 1. The van der Waals surface area contributed by atoms with Crippen molar-refractivity contribution in [1.29, 1.82) is 0 Å². The minimum atomic E-state index is -0.159. The molecule has 5 nitrogen and oxygen atoms in total. The molecule has 0 saturated carbocycles. The van der Waals surface area contributed by atoms with Crippen molar-refractivity contribution in [3.63, 3.8) is 0 Å². The van der Waals surface area contributed by atoms with E-state index in [1.54, 1.807) is 25.3 Å². The number of anilines is 1. The maximum Gasteiger partial charge on any atom is 0.207 e. The molecule has 0 bridgehead atoms. The van der Waals surface area contributed by atoms with E-state index >= 15 is 0 Å². The molecule has 19 heavy (non-hydrogen) atoms. The van der Waals surface area contributed by atoms with Gasteiger partial charge < -0.3 is 10.5 Å². The number of aromatic nitrogens is 2. The van der Waals surface area contributed by atoms with E-state index in [2.05, 4.69) is 5.10 Å². The van der Waals surface area contributed by atoms with Gasteiger partial charge in [-0.25, -0.2) is 0 Å². The number of allylic oxidation sites excluding steroid dienone is 1. The van der Waals surface area contributed by atoms with Crippen LogP contribution >= 0.6 is 0 Å². The van der Waals surface area contributed by atoms with Gasteiger partial charge in [0.25, 0.3) is 0 Å². The van der Waals surface area contributed by atoms with Crippen LogP contribution in [0.15, 0.2) is 36.5 Å². The molecule has 1 aromatic heterocycles. The summed E-state index contributed by atoms with van der Waals surface area (Å²) < 4.78 is 6.60. The van der Waals surface area contributed by atoms with Crippen molar-refractivity contribution < 1.29 is 9.53 Å². The number of hydrogen-bond acceptors (Lipinski definition) is 4. The molecule has 0 fully saturated rings. The molecule has 5 heteroatoms. The Morgan fingerprint density at radius 3 is 2.68 bits per heavy atom. The molecule has 0 aliphatic carbocycles. The van der Waals surface area contributed by atoms with Crippen LogP contribution in [0.2, 0.25) is 0 Å². The molecule has 0 saturated heterocycles. The molecule has 0 spiro atoms. The van der Waals surface area contributed by atoms with Crippen LogP contribution in [0.3, 0.4) is 0 Å². The number of nitrogens with zero attached hydrogens (tertiary/aromatic N) is 2. The van der Waals surface area contributed by atoms with Gasteiger partial charge in [0, 0.05) is 12.7 Å². The second-order valence-electron chi connectivity index (χ2n) is 4.05. The van der Waals surface area contributed by atoms with Crippen LogP contribution in [-0.4, -0.2) is 22.7 Å². The predicted octanol–water partition coefficient (Wildman–Crippen LogP) is 1.91. The molecule has 98 valence electrons. The molecule has 0 unspecified atom stereocenters. The van der Waals surface area contributed by atoms with Crippen LogP contribution in [0.5, 0.6) is 5.75 Å². The Kier molecular flexibility index (Phi) is 3.66. The number of nitrogens with two attached hydrogens (primary N) is 1. The molecule has 0 radical (unpaired) electrons. The summed E-state index contributed by atoms with van der Waals surface area (Å²) in [7, 11) is 3.21. The van der Waals surface area contributed by atoms with E-state index in [1.807, 2.05) is 12.1 Å². The SMILES string of the molecule is COc1cnn(C)c1C(=O)/C=C/c1ccc(N)cc1. The number of aryl methyl sites for hydroxylation is 1. The quantitative estimate of drug-likeness (QED) is 0.516. The van der Waals surface area contributed by atoms with Gasteiger partial charge in [-0.05, 0) is 23.8 Å². The third-order valence-electron chi connectivity index (χ3n) is 2.72. The normalized spacial score (nSPS) is 10.8. The van der Waals surface area contributed by atoms with Gasteiger partial charge in [0.1, 0.15) is 0 Å². The van der Waals surface area contributed by atoms with E-state index in [-0.39, 0.29) is 5.78 Å². The monoisotopic (exact) mass is 257 g/mol. The van der Waals surface area contributed by atoms with Gasteiger partial charge in [0.15, 0.2) is 11.4 Å². The van der Waals surface area contributed by atoms with Gasteiger partial charge in [0.05, 0.1) is 13.3 Å². The van der Waals surface area contributed by atoms with Crippen LogP contribution in [-0.2, 0) is 7.05 Å². The highest BCUT2D eigenvalue weighted by Crippen LogP contribution is 2.18. The topological polar surface area (TPSA) is 70.1 Å².